The van der Waals surface area contributed by atoms with Crippen molar-refractivity contribution in [2.45, 2.75) is 6.42 Å². The lowest BCUT2D eigenvalue weighted by atomic mass is 10.1. The third kappa shape index (κ3) is 1.98. The molecular formula is C15H11BrFNO2. The van der Waals surface area contributed by atoms with E-state index in [9.17, 15) is 9.18 Å². The van der Waals surface area contributed by atoms with Crippen LogP contribution in [0.25, 0.3) is 0 Å². The van der Waals surface area contributed by atoms with Crippen molar-refractivity contribution < 1.29 is 14.3 Å². The SMILES string of the molecule is O=C(O)c1ccc(N2CCc3ccccc32)c(F)c1Br. The Morgan fingerprint density at radius 1 is 1.20 bits per heavy atom. The van der Waals surface area contributed by atoms with Gasteiger partial charge < -0.3 is 10.0 Å². The second-order valence-corrected chi connectivity index (χ2v) is 5.39. The van der Waals surface area contributed by atoms with Gasteiger partial charge in [-0.15, -0.1) is 0 Å². The Morgan fingerprint density at radius 2 is 1.95 bits per heavy atom. The molecule has 5 heteroatoms. The maximum Gasteiger partial charge on any atom is 0.336 e. The molecule has 0 amide bonds. The standard InChI is InChI=1S/C15H11BrFNO2/c16-13-10(15(19)20)5-6-12(14(13)17)18-8-7-9-3-1-2-4-11(9)18/h1-6H,7-8H2,(H,19,20). The van der Waals surface area contributed by atoms with Gasteiger partial charge in [0.15, 0.2) is 5.82 Å². The number of carboxylic acid groups (broad SMARTS) is 1. The van der Waals surface area contributed by atoms with Crippen LogP contribution in [-0.2, 0) is 6.42 Å². The van der Waals surface area contributed by atoms with E-state index in [2.05, 4.69) is 15.9 Å². The molecule has 3 nitrogen and oxygen atoms in total. The molecule has 3 rings (SSSR count). The van der Waals surface area contributed by atoms with Gasteiger partial charge in [0.1, 0.15) is 0 Å². The second-order valence-electron chi connectivity index (χ2n) is 4.60. The lowest BCUT2D eigenvalue weighted by molar-refractivity contribution is 0.0695. The number of para-hydroxylation sites is 1. The van der Waals surface area contributed by atoms with Gasteiger partial charge >= 0.3 is 5.97 Å². The number of hydrogen-bond donors (Lipinski definition) is 1. The third-order valence-electron chi connectivity index (χ3n) is 3.47. The van der Waals surface area contributed by atoms with Crippen LogP contribution in [0, 0.1) is 5.82 Å². The minimum Gasteiger partial charge on any atom is -0.478 e. The highest BCUT2D eigenvalue weighted by atomic mass is 79.9. The lowest BCUT2D eigenvalue weighted by Gasteiger charge is -2.21. The minimum absolute atomic E-state index is 0.00752. The van der Waals surface area contributed by atoms with Gasteiger partial charge in [0.25, 0.3) is 0 Å². The molecule has 102 valence electrons. The largest absolute Gasteiger partial charge is 0.478 e. The summed E-state index contributed by atoms with van der Waals surface area (Å²) in [6.07, 6.45) is 0.855. The highest BCUT2D eigenvalue weighted by molar-refractivity contribution is 9.10. The van der Waals surface area contributed by atoms with Crippen molar-refractivity contribution in [2.75, 3.05) is 11.4 Å². The summed E-state index contributed by atoms with van der Waals surface area (Å²) in [6.45, 7) is 0.690. The normalized spacial score (nSPS) is 13.4. The van der Waals surface area contributed by atoms with E-state index < -0.39 is 11.8 Å². The predicted octanol–water partition coefficient (Wildman–Crippen LogP) is 3.98. The molecule has 0 atom stereocenters. The fourth-order valence-corrected chi connectivity index (χ4v) is 3.01. The highest BCUT2D eigenvalue weighted by Crippen LogP contribution is 2.38. The van der Waals surface area contributed by atoms with E-state index in [4.69, 9.17) is 5.11 Å². The molecule has 0 spiro atoms. The van der Waals surface area contributed by atoms with Crippen molar-refractivity contribution in [3.05, 3.63) is 57.8 Å². The molecule has 0 aliphatic carbocycles. The smallest absolute Gasteiger partial charge is 0.336 e. The first-order chi connectivity index (χ1) is 9.59. The van der Waals surface area contributed by atoms with Crippen molar-refractivity contribution in [3.8, 4) is 0 Å². The van der Waals surface area contributed by atoms with Crippen LogP contribution in [0.5, 0.6) is 0 Å². The number of carbonyl (C=O) groups is 1. The molecule has 1 aliphatic heterocycles. The predicted molar refractivity (Wildman–Crippen MR) is 78.2 cm³/mol. The molecule has 20 heavy (non-hydrogen) atoms. The molecule has 0 aromatic heterocycles. The fraction of sp³-hybridized carbons (Fsp3) is 0.133. The van der Waals surface area contributed by atoms with Gasteiger partial charge in [0.05, 0.1) is 15.7 Å². The molecule has 0 saturated heterocycles. The zero-order valence-corrected chi connectivity index (χ0v) is 12.0. The molecule has 0 bridgehead atoms. The van der Waals surface area contributed by atoms with Crippen molar-refractivity contribution in [1.29, 1.82) is 0 Å². The van der Waals surface area contributed by atoms with Gasteiger partial charge in [0, 0.05) is 12.2 Å². The van der Waals surface area contributed by atoms with Crippen molar-refractivity contribution in [1.82, 2.24) is 0 Å². The highest BCUT2D eigenvalue weighted by Gasteiger charge is 2.25. The number of halogens is 2. The number of anilines is 2. The molecule has 2 aromatic carbocycles. The molecule has 2 aromatic rings. The fourth-order valence-electron chi connectivity index (χ4n) is 2.50. The molecular weight excluding hydrogens is 325 g/mol. The first-order valence-corrected chi connectivity index (χ1v) is 6.95. The van der Waals surface area contributed by atoms with Crippen molar-refractivity contribution in [3.63, 3.8) is 0 Å². The van der Waals surface area contributed by atoms with Crippen molar-refractivity contribution in [2.24, 2.45) is 0 Å². The third-order valence-corrected chi connectivity index (χ3v) is 4.25. The number of fused-ring (bicyclic) bond motifs is 1. The van der Waals surface area contributed by atoms with Gasteiger partial charge in [-0.2, -0.15) is 0 Å². The molecule has 0 saturated carbocycles. The number of benzene rings is 2. The summed E-state index contributed by atoms with van der Waals surface area (Å²) >= 11 is 3.04. The Morgan fingerprint density at radius 3 is 2.70 bits per heavy atom. The summed E-state index contributed by atoms with van der Waals surface area (Å²) in [5.74, 6) is -1.69. The number of rotatable bonds is 2. The summed E-state index contributed by atoms with van der Waals surface area (Å²) in [5, 5.41) is 8.99. The van der Waals surface area contributed by atoms with E-state index in [-0.39, 0.29) is 10.0 Å². The number of carboxylic acids is 1. The Bertz CT molecular complexity index is 702. The van der Waals surface area contributed by atoms with Crippen LogP contribution in [0.1, 0.15) is 15.9 Å². The van der Waals surface area contributed by atoms with E-state index in [0.29, 0.717) is 12.2 Å². The van der Waals surface area contributed by atoms with Gasteiger partial charge in [-0.05, 0) is 46.1 Å². The van der Waals surface area contributed by atoms with Crippen LogP contribution >= 0.6 is 15.9 Å². The minimum atomic E-state index is -1.15. The van der Waals surface area contributed by atoms with Gasteiger partial charge in [-0.1, -0.05) is 18.2 Å². The Balaban J connectivity index is 2.09. The van der Waals surface area contributed by atoms with Crippen LogP contribution in [0.3, 0.4) is 0 Å². The summed E-state index contributed by atoms with van der Waals surface area (Å²) in [5.41, 5.74) is 2.47. The zero-order valence-electron chi connectivity index (χ0n) is 10.4. The molecule has 1 aliphatic rings. The number of nitrogens with zero attached hydrogens (tertiary/aromatic N) is 1. The average molecular weight is 336 g/mol. The molecule has 0 radical (unpaired) electrons. The van der Waals surface area contributed by atoms with Crippen LogP contribution in [0.4, 0.5) is 15.8 Å². The van der Waals surface area contributed by atoms with Gasteiger partial charge in [-0.3, -0.25) is 0 Å². The van der Waals surface area contributed by atoms with Crippen LogP contribution in [-0.4, -0.2) is 17.6 Å². The van der Waals surface area contributed by atoms with Crippen LogP contribution in [0.2, 0.25) is 0 Å². The second kappa shape index (κ2) is 4.90. The van der Waals surface area contributed by atoms with E-state index in [0.717, 1.165) is 12.1 Å². The molecule has 1 N–H and O–H groups in total. The zero-order chi connectivity index (χ0) is 14.3. The van der Waals surface area contributed by atoms with Gasteiger partial charge in [0.2, 0.25) is 0 Å². The monoisotopic (exact) mass is 335 g/mol. The first kappa shape index (κ1) is 13.1. The molecule has 0 unspecified atom stereocenters. The topological polar surface area (TPSA) is 40.5 Å². The van der Waals surface area contributed by atoms with Crippen LogP contribution < -0.4 is 4.90 Å². The number of aromatic carboxylic acids is 1. The maximum atomic E-state index is 14.4. The lowest BCUT2D eigenvalue weighted by Crippen LogP contribution is -2.15. The van der Waals surface area contributed by atoms with E-state index >= 15 is 0 Å². The Labute approximate surface area is 123 Å². The summed E-state index contributed by atoms with van der Waals surface area (Å²) < 4.78 is 14.4. The molecule has 1 heterocycles. The summed E-state index contributed by atoms with van der Waals surface area (Å²) in [6, 6.07) is 10.8. The first-order valence-electron chi connectivity index (χ1n) is 6.16. The van der Waals surface area contributed by atoms with Crippen LogP contribution in [0.15, 0.2) is 40.9 Å². The maximum absolute atomic E-state index is 14.4. The Kier molecular flexibility index (Phi) is 3.22. The van der Waals surface area contributed by atoms with Crippen molar-refractivity contribution >= 4 is 33.3 Å². The average Bonchev–Trinajstić information content (AvgIpc) is 2.85. The molecule has 0 fully saturated rings. The summed E-state index contributed by atoms with van der Waals surface area (Å²) in [7, 11) is 0. The number of hydrogen-bond acceptors (Lipinski definition) is 2. The van der Waals surface area contributed by atoms with Gasteiger partial charge in [-0.25, -0.2) is 9.18 Å². The van der Waals surface area contributed by atoms with E-state index in [1.54, 1.807) is 0 Å². The quantitative estimate of drug-likeness (QED) is 0.902. The Hall–Kier alpha value is -1.88. The van der Waals surface area contributed by atoms with E-state index in [1.165, 1.54) is 17.7 Å². The summed E-state index contributed by atoms with van der Waals surface area (Å²) in [4.78, 5) is 12.9. The van der Waals surface area contributed by atoms with E-state index in [1.807, 2.05) is 29.2 Å².